The maximum atomic E-state index is 12.9. The van der Waals surface area contributed by atoms with Crippen molar-refractivity contribution in [2.24, 2.45) is 0 Å². The van der Waals surface area contributed by atoms with E-state index in [0.29, 0.717) is 26.9 Å². The summed E-state index contributed by atoms with van der Waals surface area (Å²) in [6.07, 6.45) is 0. The molecule has 1 heterocycles. The summed E-state index contributed by atoms with van der Waals surface area (Å²) in [5.41, 5.74) is -0.276. The number of hydrogen-bond donors (Lipinski definition) is 1. The van der Waals surface area contributed by atoms with E-state index in [-0.39, 0.29) is 13.2 Å². The molecule has 138 valence electrons. The van der Waals surface area contributed by atoms with Gasteiger partial charge in [0.15, 0.2) is 0 Å². The monoisotopic (exact) mass is 403 g/mol. The van der Waals surface area contributed by atoms with Crippen LogP contribution in [0.25, 0.3) is 0 Å². The van der Waals surface area contributed by atoms with Crippen LogP contribution in [0.5, 0.6) is 5.75 Å². The summed E-state index contributed by atoms with van der Waals surface area (Å²) in [6.45, 7) is 1.80. The molecule has 0 radical (unpaired) electrons. The number of rotatable bonds is 5. The second-order valence-corrected chi connectivity index (χ2v) is 6.96. The number of imide groups is 1. The standard InChI is InChI=1S/C19H15Cl2N3O3/c1-19(15-7-4-13(20)10-16(15)21)17(25)24(18(26)23-19)8-9-27-14-5-2-12(11-22)3-6-14/h2-7,10H,8-9H2,1H3,(H,23,26). The molecule has 1 fully saturated rings. The lowest BCUT2D eigenvalue weighted by Crippen LogP contribution is -2.41. The normalized spacial score (nSPS) is 19.0. The third kappa shape index (κ3) is 3.70. The van der Waals surface area contributed by atoms with E-state index >= 15 is 0 Å². The maximum Gasteiger partial charge on any atom is 0.325 e. The molecule has 3 rings (SSSR count). The first-order valence-electron chi connectivity index (χ1n) is 8.08. The Labute approximate surface area is 166 Å². The second-order valence-electron chi connectivity index (χ2n) is 6.12. The molecule has 8 heteroatoms. The van der Waals surface area contributed by atoms with Gasteiger partial charge in [-0.05, 0) is 43.3 Å². The summed E-state index contributed by atoms with van der Waals surface area (Å²) in [5, 5.41) is 12.2. The fraction of sp³-hybridized carbons (Fsp3) is 0.211. The molecule has 2 aromatic carbocycles. The van der Waals surface area contributed by atoms with Crippen LogP contribution < -0.4 is 10.1 Å². The third-order valence-corrected chi connectivity index (χ3v) is 4.86. The van der Waals surface area contributed by atoms with Gasteiger partial charge in [0.05, 0.1) is 18.2 Å². The highest BCUT2D eigenvalue weighted by atomic mass is 35.5. The number of nitrogens with one attached hydrogen (secondary N) is 1. The van der Waals surface area contributed by atoms with Crippen molar-refractivity contribution in [1.29, 1.82) is 5.26 Å². The summed E-state index contributed by atoms with van der Waals surface area (Å²) in [5.74, 6) is 0.129. The van der Waals surface area contributed by atoms with E-state index in [0.717, 1.165) is 4.90 Å². The van der Waals surface area contributed by atoms with Crippen LogP contribution in [0, 0.1) is 11.3 Å². The minimum Gasteiger partial charge on any atom is -0.492 e. The smallest absolute Gasteiger partial charge is 0.325 e. The summed E-state index contributed by atoms with van der Waals surface area (Å²) in [6, 6.07) is 12.8. The van der Waals surface area contributed by atoms with Crippen LogP contribution in [0.3, 0.4) is 0 Å². The lowest BCUT2D eigenvalue weighted by Gasteiger charge is -2.23. The molecule has 1 unspecified atom stereocenters. The molecule has 1 aliphatic heterocycles. The Bertz CT molecular complexity index is 940. The minimum atomic E-state index is -1.27. The van der Waals surface area contributed by atoms with Crippen molar-refractivity contribution in [3.63, 3.8) is 0 Å². The van der Waals surface area contributed by atoms with Gasteiger partial charge in [-0.25, -0.2) is 4.79 Å². The molecule has 2 aromatic rings. The number of amides is 3. The van der Waals surface area contributed by atoms with E-state index in [1.807, 2.05) is 6.07 Å². The Hall–Kier alpha value is -2.75. The molecular formula is C19H15Cl2N3O3. The second kappa shape index (κ2) is 7.47. The third-order valence-electron chi connectivity index (χ3n) is 4.31. The van der Waals surface area contributed by atoms with E-state index < -0.39 is 17.5 Å². The number of hydrogen-bond acceptors (Lipinski definition) is 4. The summed E-state index contributed by atoms with van der Waals surface area (Å²) >= 11 is 12.1. The van der Waals surface area contributed by atoms with Crippen LogP contribution in [0.4, 0.5) is 4.79 Å². The summed E-state index contributed by atoms with van der Waals surface area (Å²) in [4.78, 5) is 26.3. The average Bonchev–Trinajstić information content (AvgIpc) is 2.85. The van der Waals surface area contributed by atoms with E-state index in [4.69, 9.17) is 33.2 Å². The Morgan fingerprint density at radius 1 is 1.19 bits per heavy atom. The van der Waals surface area contributed by atoms with Gasteiger partial charge in [-0.15, -0.1) is 0 Å². The van der Waals surface area contributed by atoms with Gasteiger partial charge in [0.1, 0.15) is 17.9 Å². The van der Waals surface area contributed by atoms with Crippen molar-refractivity contribution in [1.82, 2.24) is 10.2 Å². The van der Waals surface area contributed by atoms with Crippen LogP contribution in [-0.2, 0) is 10.3 Å². The molecule has 1 atom stereocenters. The molecule has 1 saturated heterocycles. The summed E-state index contributed by atoms with van der Waals surface area (Å²) in [7, 11) is 0. The zero-order valence-electron chi connectivity index (χ0n) is 14.3. The van der Waals surface area contributed by atoms with Gasteiger partial charge in [0.25, 0.3) is 5.91 Å². The first kappa shape index (κ1) is 19.0. The molecule has 0 aromatic heterocycles. The molecule has 1 aliphatic rings. The van der Waals surface area contributed by atoms with Crippen LogP contribution in [-0.4, -0.2) is 30.0 Å². The van der Waals surface area contributed by atoms with Crippen LogP contribution in [0.2, 0.25) is 10.0 Å². The van der Waals surface area contributed by atoms with Gasteiger partial charge in [-0.2, -0.15) is 5.26 Å². The SMILES string of the molecule is CC1(c2ccc(Cl)cc2Cl)NC(=O)N(CCOc2ccc(C#N)cc2)C1=O. The number of nitriles is 1. The van der Waals surface area contributed by atoms with Crippen molar-refractivity contribution >= 4 is 35.1 Å². The number of benzene rings is 2. The van der Waals surface area contributed by atoms with E-state index in [2.05, 4.69) is 5.32 Å². The highest BCUT2D eigenvalue weighted by Gasteiger charge is 2.49. The Kier molecular flexibility index (Phi) is 5.26. The predicted molar refractivity (Wildman–Crippen MR) is 101 cm³/mol. The molecule has 1 N–H and O–H groups in total. The lowest BCUT2D eigenvalue weighted by atomic mass is 9.92. The van der Waals surface area contributed by atoms with Crippen molar-refractivity contribution in [2.75, 3.05) is 13.2 Å². The Morgan fingerprint density at radius 2 is 1.89 bits per heavy atom. The van der Waals surface area contributed by atoms with Crippen molar-refractivity contribution in [3.05, 3.63) is 63.6 Å². The molecule has 0 aliphatic carbocycles. The first-order valence-corrected chi connectivity index (χ1v) is 8.83. The zero-order chi connectivity index (χ0) is 19.6. The molecule has 0 bridgehead atoms. The van der Waals surface area contributed by atoms with Crippen LogP contribution in [0.15, 0.2) is 42.5 Å². The topological polar surface area (TPSA) is 82.4 Å². The average molecular weight is 404 g/mol. The number of carbonyl (C=O) groups excluding carboxylic acids is 2. The molecule has 6 nitrogen and oxygen atoms in total. The summed E-state index contributed by atoms with van der Waals surface area (Å²) < 4.78 is 5.55. The molecule has 0 spiro atoms. The predicted octanol–water partition coefficient (Wildman–Crippen LogP) is 3.71. The van der Waals surface area contributed by atoms with Crippen molar-refractivity contribution in [2.45, 2.75) is 12.5 Å². The van der Waals surface area contributed by atoms with Gasteiger partial charge in [0, 0.05) is 15.6 Å². The van der Waals surface area contributed by atoms with Gasteiger partial charge < -0.3 is 10.1 Å². The number of ether oxygens (including phenoxy) is 1. The molecule has 27 heavy (non-hydrogen) atoms. The largest absolute Gasteiger partial charge is 0.492 e. The Morgan fingerprint density at radius 3 is 2.52 bits per heavy atom. The molecular weight excluding hydrogens is 389 g/mol. The minimum absolute atomic E-state index is 0.0749. The molecule has 3 amide bonds. The fourth-order valence-corrected chi connectivity index (χ4v) is 3.46. The maximum absolute atomic E-state index is 12.9. The van der Waals surface area contributed by atoms with Gasteiger partial charge in [-0.1, -0.05) is 29.3 Å². The number of halogens is 2. The highest BCUT2D eigenvalue weighted by molar-refractivity contribution is 6.35. The van der Waals surface area contributed by atoms with E-state index in [9.17, 15) is 9.59 Å². The highest BCUT2D eigenvalue weighted by Crippen LogP contribution is 2.34. The quantitative estimate of drug-likeness (QED) is 0.771. The zero-order valence-corrected chi connectivity index (χ0v) is 15.8. The number of carbonyl (C=O) groups is 2. The van der Waals surface area contributed by atoms with Gasteiger partial charge >= 0.3 is 6.03 Å². The van der Waals surface area contributed by atoms with Crippen molar-refractivity contribution < 1.29 is 14.3 Å². The van der Waals surface area contributed by atoms with Crippen LogP contribution in [0.1, 0.15) is 18.1 Å². The lowest BCUT2D eigenvalue weighted by molar-refractivity contribution is -0.131. The number of nitrogens with zero attached hydrogens (tertiary/aromatic N) is 2. The van der Waals surface area contributed by atoms with Gasteiger partial charge in [0.2, 0.25) is 0 Å². The van der Waals surface area contributed by atoms with Crippen molar-refractivity contribution in [3.8, 4) is 11.8 Å². The molecule has 0 saturated carbocycles. The van der Waals surface area contributed by atoms with Crippen LogP contribution >= 0.6 is 23.2 Å². The number of urea groups is 1. The van der Waals surface area contributed by atoms with E-state index in [1.165, 1.54) is 6.07 Å². The van der Waals surface area contributed by atoms with Gasteiger partial charge in [-0.3, -0.25) is 9.69 Å². The first-order chi connectivity index (χ1) is 12.8. The van der Waals surface area contributed by atoms with E-state index in [1.54, 1.807) is 43.3 Å². The Balaban J connectivity index is 1.69. The fourth-order valence-electron chi connectivity index (χ4n) is 2.86.